The highest BCUT2D eigenvalue weighted by Crippen LogP contribution is 2.15. The summed E-state index contributed by atoms with van der Waals surface area (Å²) < 4.78 is 1.65. The number of nitrogens with one attached hydrogen (secondary N) is 1. The average molecular weight is 312 g/mol. The number of carbonyl (C=O) groups is 1. The number of likely N-dealkylation sites (tertiary alicyclic amines) is 1. The van der Waals surface area contributed by atoms with Crippen molar-refractivity contribution < 1.29 is 4.79 Å². The number of hydrogen-bond donors (Lipinski definition) is 1. The molecule has 1 amide bonds. The Morgan fingerprint density at radius 2 is 2.09 bits per heavy atom. The van der Waals surface area contributed by atoms with E-state index in [1.807, 2.05) is 7.05 Å². The van der Waals surface area contributed by atoms with Crippen molar-refractivity contribution in [2.24, 2.45) is 7.05 Å². The second-order valence-electron chi connectivity index (χ2n) is 6.39. The van der Waals surface area contributed by atoms with E-state index >= 15 is 0 Å². The first kappa shape index (κ1) is 15.7. The summed E-state index contributed by atoms with van der Waals surface area (Å²) in [7, 11) is 1.82. The maximum atomic E-state index is 12.1. The van der Waals surface area contributed by atoms with Crippen LogP contribution in [0.1, 0.15) is 34.5 Å². The number of aromatic nitrogens is 2. The number of benzene rings is 1. The van der Waals surface area contributed by atoms with Crippen LogP contribution in [0.15, 0.2) is 36.5 Å². The maximum Gasteiger partial charge on any atom is 0.271 e. The van der Waals surface area contributed by atoms with E-state index in [4.69, 9.17) is 0 Å². The van der Waals surface area contributed by atoms with Gasteiger partial charge in [-0.15, -0.1) is 0 Å². The van der Waals surface area contributed by atoms with Crippen LogP contribution in [0.25, 0.3) is 0 Å². The summed E-state index contributed by atoms with van der Waals surface area (Å²) in [5, 5.41) is 7.25. The number of carbonyl (C=O) groups excluding carboxylic acids is 1. The minimum Gasteiger partial charge on any atom is -0.348 e. The highest BCUT2D eigenvalue weighted by molar-refractivity contribution is 5.92. The van der Waals surface area contributed by atoms with Crippen molar-refractivity contribution >= 4 is 5.91 Å². The quantitative estimate of drug-likeness (QED) is 0.941. The zero-order valence-electron chi connectivity index (χ0n) is 13.8. The van der Waals surface area contributed by atoms with E-state index in [0.29, 0.717) is 5.69 Å². The minimum absolute atomic E-state index is 0.0669. The molecule has 5 heteroatoms. The first-order valence-corrected chi connectivity index (χ1v) is 8.18. The lowest BCUT2D eigenvalue weighted by Crippen LogP contribution is -2.44. The van der Waals surface area contributed by atoms with Crippen LogP contribution < -0.4 is 5.32 Å². The van der Waals surface area contributed by atoms with E-state index in [2.05, 4.69) is 46.5 Å². The summed E-state index contributed by atoms with van der Waals surface area (Å²) >= 11 is 0. The van der Waals surface area contributed by atoms with Gasteiger partial charge in [-0.05, 0) is 31.4 Å². The van der Waals surface area contributed by atoms with Crippen LogP contribution in [0.4, 0.5) is 0 Å². The van der Waals surface area contributed by atoms with Crippen LogP contribution in [0, 0.1) is 6.92 Å². The largest absolute Gasteiger partial charge is 0.348 e. The lowest BCUT2D eigenvalue weighted by molar-refractivity contribution is 0.0903. The first-order chi connectivity index (χ1) is 11.1. The molecule has 1 fully saturated rings. The molecular formula is C18H24N4O. The molecule has 1 aromatic heterocycles. The number of piperidine rings is 1. The lowest BCUT2D eigenvalue weighted by atomic mass is 10.0. The van der Waals surface area contributed by atoms with Crippen molar-refractivity contribution in [2.75, 3.05) is 13.1 Å². The van der Waals surface area contributed by atoms with E-state index in [0.717, 1.165) is 32.5 Å². The molecule has 122 valence electrons. The van der Waals surface area contributed by atoms with Crippen molar-refractivity contribution in [1.82, 2.24) is 20.0 Å². The Morgan fingerprint density at radius 1 is 1.30 bits per heavy atom. The zero-order chi connectivity index (χ0) is 16.2. The summed E-state index contributed by atoms with van der Waals surface area (Å²) in [6.45, 7) is 5.15. The van der Waals surface area contributed by atoms with E-state index in [9.17, 15) is 4.79 Å². The molecule has 1 saturated heterocycles. The minimum atomic E-state index is -0.0669. The molecule has 0 radical (unpaired) electrons. The van der Waals surface area contributed by atoms with Gasteiger partial charge in [0.15, 0.2) is 0 Å². The predicted octanol–water partition coefficient (Wildman–Crippen LogP) is 2.12. The monoisotopic (exact) mass is 312 g/mol. The Bertz CT molecular complexity index is 671. The van der Waals surface area contributed by atoms with Crippen LogP contribution >= 0.6 is 0 Å². The predicted molar refractivity (Wildman–Crippen MR) is 90.2 cm³/mol. The van der Waals surface area contributed by atoms with Crippen LogP contribution in [0.5, 0.6) is 0 Å². The number of nitrogens with zero attached hydrogens (tertiary/aromatic N) is 3. The highest BCUT2D eigenvalue weighted by Gasteiger charge is 2.21. The Morgan fingerprint density at radius 3 is 2.74 bits per heavy atom. The Labute approximate surface area is 137 Å². The summed E-state index contributed by atoms with van der Waals surface area (Å²) in [6, 6.07) is 10.7. The van der Waals surface area contributed by atoms with Gasteiger partial charge in [0.05, 0.1) is 0 Å². The molecule has 1 aliphatic heterocycles. The number of hydrogen-bond acceptors (Lipinski definition) is 3. The van der Waals surface area contributed by atoms with Gasteiger partial charge in [0, 0.05) is 38.9 Å². The highest BCUT2D eigenvalue weighted by atomic mass is 16.2. The van der Waals surface area contributed by atoms with Gasteiger partial charge < -0.3 is 5.32 Å². The van der Waals surface area contributed by atoms with Gasteiger partial charge in [-0.25, -0.2) is 0 Å². The van der Waals surface area contributed by atoms with E-state index in [1.54, 1.807) is 16.9 Å². The Hall–Kier alpha value is -2.14. The van der Waals surface area contributed by atoms with Crippen molar-refractivity contribution in [1.29, 1.82) is 0 Å². The molecule has 1 N–H and O–H groups in total. The molecule has 5 nitrogen and oxygen atoms in total. The van der Waals surface area contributed by atoms with Crippen molar-refractivity contribution in [3.8, 4) is 0 Å². The van der Waals surface area contributed by atoms with Crippen molar-refractivity contribution in [3.63, 3.8) is 0 Å². The normalized spacial score (nSPS) is 16.4. The van der Waals surface area contributed by atoms with E-state index in [-0.39, 0.29) is 11.9 Å². The SMILES string of the molecule is Cc1cccc(CN2CCC(NC(=O)c3ccn(C)n3)CC2)c1. The van der Waals surface area contributed by atoms with Gasteiger partial charge in [0.2, 0.25) is 0 Å². The van der Waals surface area contributed by atoms with Gasteiger partial charge in [-0.2, -0.15) is 5.10 Å². The average Bonchev–Trinajstić information content (AvgIpc) is 2.96. The molecule has 1 aromatic carbocycles. The molecule has 0 bridgehead atoms. The molecule has 0 spiro atoms. The molecule has 2 heterocycles. The van der Waals surface area contributed by atoms with E-state index < -0.39 is 0 Å². The molecule has 23 heavy (non-hydrogen) atoms. The fourth-order valence-electron chi connectivity index (χ4n) is 3.10. The third-order valence-electron chi connectivity index (χ3n) is 4.36. The molecule has 0 unspecified atom stereocenters. The first-order valence-electron chi connectivity index (χ1n) is 8.18. The third-order valence-corrected chi connectivity index (χ3v) is 4.36. The molecule has 0 atom stereocenters. The second kappa shape index (κ2) is 6.96. The van der Waals surface area contributed by atoms with Gasteiger partial charge in [-0.3, -0.25) is 14.4 Å². The van der Waals surface area contributed by atoms with Crippen LogP contribution in [0.2, 0.25) is 0 Å². The topological polar surface area (TPSA) is 50.2 Å². The van der Waals surface area contributed by atoms with Gasteiger partial charge in [0.25, 0.3) is 5.91 Å². The summed E-state index contributed by atoms with van der Waals surface area (Å²) in [5.41, 5.74) is 3.16. The van der Waals surface area contributed by atoms with Gasteiger partial charge >= 0.3 is 0 Å². The molecular weight excluding hydrogens is 288 g/mol. The standard InChI is InChI=1S/C18H24N4O/c1-14-4-3-5-15(12-14)13-22-10-6-16(7-11-22)19-18(23)17-8-9-21(2)20-17/h3-5,8-9,12,16H,6-7,10-11,13H2,1-2H3,(H,19,23). The van der Waals surface area contributed by atoms with Gasteiger partial charge in [-0.1, -0.05) is 29.8 Å². The summed E-state index contributed by atoms with van der Waals surface area (Å²) in [5.74, 6) is -0.0669. The molecule has 0 saturated carbocycles. The number of aryl methyl sites for hydroxylation is 2. The fraction of sp³-hybridized carbons (Fsp3) is 0.444. The molecule has 3 rings (SSSR count). The van der Waals surface area contributed by atoms with Crippen LogP contribution in [-0.2, 0) is 13.6 Å². The van der Waals surface area contributed by atoms with Crippen LogP contribution in [0.3, 0.4) is 0 Å². The second-order valence-corrected chi connectivity index (χ2v) is 6.39. The Kier molecular flexibility index (Phi) is 4.76. The molecule has 2 aromatic rings. The summed E-state index contributed by atoms with van der Waals surface area (Å²) in [6.07, 6.45) is 3.77. The number of rotatable bonds is 4. The molecule has 1 aliphatic rings. The third kappa shape index (κ3) is 4.20. The van der Waals surface area contributed by atoms with Crippen molar-refractivity contribution in [2.45, 2.75) is 32.4 Å². The van der Waals surface area contributed by atoms with Crippen molar-refractivity contribution in [3.05, 3.63) is 53.3 Å². The lowest BCUT2D eigenvalue weighted by Gasteiger charge is -2.32. The summed E-state index contributed by atoms with van der Waals surface area (Å²) in [4.78, 5) is 14.6. The molecule has 0 aliphatic carbocycles. The number of amides is 1. The zero-order valence-corrected chi connectivity index (χ0v) is 13.8. The fourth-order valence-corrected chi connectivity index (χ4v) is 3.10. The smallest absolute Gasteiger partial charge is 0.271 e. The van der Waals surface area contributed by atoms with Gasteiger partial charge in [0.1, 0.15) is 5.69 Å². The Balaban J connectivity index is 1.47. The maximum absolute atomic E-state index is 12.1. The van der Waals surface area contributed by atoms with E-state index in [1.165, 1.54) is 11.1 Å². The van der Waals surface area contributed by atoms with Crippen LogP contribution in [-0.4, -0.2) is 39.7 Å².